The summed E-state index contributed by atoms with van der Waals surface area (Å²) in [6.07, 6.45) is 3.01. The molecule has 0 heterocycles. The van der Waals surface area contributed by atoms with E-state index in [1.165, 1.54) is 6.26 Å². The van der Waals surface area contributed by atoms with E-state index in [0.29, 0.717) is 13.1 Å². The highest BCUT2D eigenvalue weighted by Crippen LogP contribution is 2.08. The molecule has 0 aromatic heterocycles. The summed E-state index contributed by atoms with van der Waals surface area (Å²) in [6.45, 7) is 7.63. The van der Waals surface area contributed by atoms with Crippen molar-refractivity contribution >= 4 is 15.8 Å². The van der Waals surface area contributed by atoms with Crippen molar-refractivity contribution in [1.29, 1.82) is 0 Å². The quantitative estimate of drug-likeness (QED) is 0.455. The molecule has 5 nitrogen and oxygen atoms in total. The highest BCUT2D eigenvalue weighted by molar-refractivity contribution is 7.89. The molecule has 0 aliphatic heterocycles. The van der Waals surface area contributed by atoms with Crippen molar-refractivity contribution in [2.45, 2.75) is 19.2 Å². The van der Waals surface area contributed by atoms with E-state index in [1.807, 2.05) is 31.2 Å². The highest BCUT2D eigenvalue weighted by atomic mass is 32.2. The first-order chi connectivity index (χ1) is 9.94. The molecule has 0 atom stereocenters. The van der Waals surface area contributed by atoms with Crippen LogP contribution < -0.4 is 10.6 Å². The molecule has 0 aliphatic carbocycles. The lowest BCUT2D eigenvalue weighted by atomic mass is 10.1. The molecule has 1 rings (SSSR count). The molecule has 0 radical (unpaired) electrons. The molecule has 21 heavy (non-hydrogen) atoms. The van der Waals surface area contributed by atoms with Crippen LogP contribution >= 0.6 is 0 Å². The number of sulfone groups is 1. The van der Waals surface area contributed by atoms with Crippen LogP contribution in [0.5, 0.6) is 0 Å². The Morgan fingerprint density at radius 3 is 2.38 bits per heavy atom. The van der Waals surface area contributed by atoms with Crippen molar-refractivity contribution in [2.75, 3.05) is 19.3 Å². The minimum absolute atomic E-state index is 0.0695. The standard InChI is InChI=1S/C15H23N3O2S/c1-4-10-17-15(16-5-2)18-11-13-6-8-14(9-7-13)12-21(3,19)20/h4,6-9H,1,5,10-12H2,2-3H3,(H2,16,17,18). The van der Waals surface area contributed by atoms with Crippen LogP contribution in [0.15, 0.2) is 41.9 Å². The Balaban J connectivity index is 2.67. The summed E-state index contributed by atoms with van der Waals surface area (Å²) in [5.74, 6) is 0.803. The van der Waals surface area contributed by atoms with Crippen LogP contribution in [0.1, 0.15) is 18.1 Å². The van der Waals surface area contributed by atoms with Crippen molar-refractivity contribution in [3.8, 4) is 0 Å². The predicted molar refractivity (Wildman–Crippen MR) is 88.0 cm³/mol. The van der Waals surface area contributed by atoms with Crippen LogP contribution in [0.3, 0.4) is 0 Å². The zero-order valence-corrected chi connectivity index (χ0v) is 13.4. The first kappa shape index (κ1) is 17.2. The Bertz CT molecular complexity index is 577. The van der Waals surface area contributed by atoms with E-state index in [4.69, 9.17) is 0 Å². The molecule has 1 aromatic rings. The van der Waals surface area contributed by atoms with E-state index >= 15 is 0 Å². The fourth-order valence-corrected chi connectivity index (χ4v) is 2.52. The topological polar surface area (TPSA) is 70.6 Å². The maximum absolute atomic E-state index is 11.2. The van der Waals surface area contributed by atoms with Gasteiger partial charge in [-0.15, -0.1) is 6.58 Å². The third kappa shape index (κ3) is 7.51. The molecule has 6 heteroatoms. The van der Waals surface area contributed by atoms with Crippen LogP contribution in [-0.4, -0.2) is 33.7 Å². The van der Waals surface area contributed by atoms with Crippen molar-refractivity contribution in [2.24, 2.45) is 4.99 Å². The van der Waals surface area contributed by atoms with Gasteiger partial charge in [-0.3, -0.25) is 0 Å². The Morgan fingerprint density at radius 2 is 1.86 bits per heavy atom. The number of hydrogen-bond donors (Lipinski definition) is 2. The lowest BCUT2D eigenvalue weighted by molar-refractivity contribution is 0.601. The zero-order chi connectivity index (χ0) is 15.7. The lowest BCUT2D eigenvalue weighted by Gasteiger charge is -2.09. The summed E-state index contributed by atoms with van der Waals surface area (Å²) < 4.78 is 22.5. The fraction of sp³-hybridized carbons (Fsp3) is 0.400. The van der Waals surface area contributed by atoms with Crippen LogP contribution in [0.4, 0.5) is 0 Å². The molecule has 0 fully saturated rings. The normalized spacial score (nSPS) is 12.0. The van der Waals surface area contributed by atoms with Crippen LogP contribution in [0.2, 0.25) is 0 Å². The number of hydrogen-bond acceptors (Lipinski definition) is 3. The number of guanidine groups is 1. The summed E-state index contributed by atoms with van der Waals surface area (Å²) in [4.78, 5) is 4.45. The first-order valence-electron chi connectivity index (χ1n) is 6.83. The second-order valence-electron chi connectivity index (χ2n) is 4.75. The van der Waals surface area contributed by atoms with Gasteiger partial charge in [-0.1, -0.05) is 30.3 Å². The molecular formula is C15H23N3O2S. The predicted octanol–water partition coefficient (Wildman–Crippen LogP) is 1.47. The molecule has 0 spiro atoms. The summed E-state index contributed by atoms with van der Waals surface area (Å²) in [6, 6.07) is 7.47. The number of nitrogens with zero attached hydrogens (tertiary/aromatic N) is 1. The van der Waals surface area contributed by atoms with Crippen molar-refractivity contribution in [1.82, 2.24) is 10.6 Å². The van der Waals surface area contributed by atoms with Crippen molar-refractivity contribution in [3.05, 3.63) is 48.0 Å². The number of rotatable bonds is 7. The second kappa shape index (κ2) is 8.46. The Labute approximate surface area is 127 Å². The average Bonchev–Trinajstić information content (AvgIpc) is 2.42. The van der Waals surface area contributed by atoms with Gasteiger partial charge in [-0.05, 0) is 18.1 Å². The molecule has 116 valence electrons. The van der Waals surface area contributed by atoms with E-state index in [2.05, 4.69) is 22.2 Å². The van der Waals surface area contributed by atoms with Crippen LogP contribution in [0.25, 0.3) is 0 Å². The smallest absolute Gasteiger partial charge is 0.191 e. The van der Waals surface area contributed by atoms with Gasteiger partial charge < -0.3 is 10.6 Å². The van der Waals surface area contributed by atoms with Gasteiger partial charge in [0.1, 0.15) is 0 Å². The average molecular weight is 309 g/mol. The lowest BCUT2D eigenvalue weighted by Crippen LogP contribution is -2.37. The fourth-order valence-electron chi connectivity index (χ4n) is 1.72. The van der Waals surface area contributed by atoms with Gasteiger partial charge >= 0.3 is 0 Å². The molecule has 0 saturated carbocycles. The summed E-state index contributed by atoms with van der Waals surface area (Å²) >= 11 is 0. The van der Waals surface area contributed by atoms with Gasteiger partial charge in [0.05, 0.1) is 12.3 Å². The number of nitrogens with one attached hydrogen (secondary N) is 2. The largest absolute Gasteiger partial charge is 0.357 e. The maximum Gasteiger partial charge on any atom is 0.191 e. The Morgan fingerprint density at radius 1 is 1.24 bits per heavy atom. The van der Waals surface area contributed by atoms with E-state index in [9.17, 15) is 8.42 Å². The minimum atomic E-state index is -2.99. The third-order valence-electron chi connectivity index (χ3n) is 2.63. The highest BCUT2D eigenvalue weighted by Gasteiger charge is 2.04. The molecule has 1 aromatic carbocycles. The van der Waals surface area contributed by atoms with E-state index < -0.39 is 9.84 Å². The van der Waals surface area contributed by atoms with Gasteiger partial charge in [0, 0.05) is 19.3 Å². The molecule has 0 bridgehead atoms. The van der Waals surface area contributed by atoms with Crippen molar-refractivity contribution in [3.63, 3.8) is 0 Å². The van der Waals surface area contributed by atoms with Gasteiger partial charge in [0.15, 0.2) is 15.8 Å². The molecular weight excluding hydrogens is 286 g/mol. The van der Waals surface area contributed by atoms with Gasteiger partial charge in [0.25, 0.3) is 0 Å². The van der Waals surface area contributed by atoms with Crippen LogP contribution in [0, 0.1) is 0 Å². The Hall–Kier alpha value is -1.82. The zero-order valence-electron chi connectivity index (χ0n) is 12.6. The maximum atomic E-state index is 11.2. The summed E-state index contributed by atoms with van der Waals surface area (Å²) in [7, 11) is -2.99. The third-order valence-corrected chi connectivity index (χ3v) is 3.49. The summed E-state index contributed by atoms with van der Waals surface area (Å²) in [5, 5.41) is 6.27. The number of benzene rings is 1. The van der Waals surface area contributed by atoms with Gasteiger partial charge in [-0.2, -0.15) is 0 Å². The molecule has 0 saturated heterocycles. The monoisotopic (exact) mass is 309 g/mol. The molecule has 0 amide bonds. The molecule has 0 unspecified atom stereocenters. The van der Waals surface area contributed by atoms with E-state index in [0.717, 1.165) is 23.6 Å². The minimum Gasteiger partial charge on any atom is -0.357 e. The van der Waals surface area contributed by atoms with E-state index in [-0.39, 0.29) is 5.75 Å². The van der Waals surface area contributed by atoms with Gasteiger partial charge in [-0.25, -0.2) is 13.4 Å². The second-order valence-corrected chi connectivity index (χ2v) is 6.89. The summed E-state index contributed by atoms with van der Waals surface area (Å²) in [5.41, 5.74) is 1.82. The van der Waals surface area contributed by atoms with E-state index in [1.54, 1.807) is 6.08 Å². The molecule has 2 N–H and O–H groups in total. The Kier molecular flexibility index (Phi) is 6.94. The van der Waals surface area contributed by atoms with Crippen molar-refractivity contribution < 1.29 is 8.42 Å². The van der Waals surface area contributed by atoms with Crippen LogP contribution in [-0.2, 0) is 22.1 Å². The SMILES string of the molecule is C=CCNC(=NCc1ccc(CS(C)(=O)=O)cc1)NCC. The first-order valence-corrected chi connectivity index (χ1v) is 8.89. The number of aliphatic imine (C=N–C) groups is 1. The van der Waals surface area contributed by atoms with Gasteiger partial charge in [0.2, 0.25) is 0 Å². The molecule has 0 aliphatic rings.